The minimum atomic E-state index is -0.638. The number of hydrogen-bond donors (Lipinski definition) is 0. The first-order chi connectivity index (χ1) is 12.2. The first kappa shape index (κ1) is 15.7. The van der Waals surface area contributed by atoms with Gasteiger partial charge in [0.15, 0.2) is 0 Å². The fraction of sp³-hybridized carbons (Fsp3) is 0.130. The summed E-state index contributed by atoms with van der Waals surface area (Å²) in [5, 5.41) is 0. The van der Waals surface area contributed by atoms with Gasteiger partial charge in [-0.15, -0.1) is 0 Å². The van der Waals surface area contributed by atoms with Gasteiger partial charge in [0.1, 0.15) is 5.75 Å². The molecule has 1 unspecified atom stereocenters. The molecule has 124 valence electrons. The molecule has 1 heterocycles. The zero-order valence-electron chi connectivity index (χ0n) is 14.5. The van der Waals surface area contributed by atoms with Gasteiger partial charge in [0.2, 0.25) is 5.72 Å². The molecule has 2 nitrogen and oxygen atoms in total. The van der Waals surface area contributed by atoms with Gasteiger partial charge in [0, 0.05) is 11.1 Å². The molecular formula is C23H21NO. The summed E-state index contributed by atoms with van der Waals surface area (Å²) in [7, 11) is 4.11. The van der Waals surface area contributed by atoms with Crippen LogP contribution in [0.3, 0.4) is 0 Å². The average Bonchev–Trinajstić information content (AvgIpc) is 2.68. The number of benzene rings is 3. The second-order valence-electron chi connectivity index (χ2n) is 6.48. The fourth-order valence-corrected chi connectivity index (χ4v) is 3.40. The average molecular weight is 327 g/mol. The van der Waals surface area contributed by atoms with Crippen molar-refractivity contribution in [3.63, 3.8) is 0 Å². The molecule has 0 amide bonds. The Morgan fingerprint density at radius 3 is 2.00 bits per heavy atom. The molecule has 0 aromatic heterocycles. The number of likely N-dealkylation sites (N-methyl/N-ethyl adjacent to an activating group) is 1. The van der Waals surface area contributed by atoms with Crippen LogP contribution in [-0.2, 0) is 5.72 Å². The number of ether oxygens (including phenoxy) is 1. The Balaban J connectivity index is 1.99. The van der Waals surface area contributed by atoms with Gasteiger partial charge >= 0.3 is 0 Å². The van der Waals surface area contributed by atoms with E-state index in [2.05, 4.69) is 85.7 Å². The molecule has 0 aliphatic carbocycles. The van der Waals surface area contributed by atoms with Crippen molar-refractivity contribution in [2.75, 3.05) is 14.1 Å². The Bertz CT molecular complexity index is 900. The highest BCUT2D eigenvalue weighted by atomic mass is 16.5. The van der Waals surface area contributed by atoms with Crippen molar-refractivity contribution in [2.24, 2.45) is 0 Å². The third-order valence-electron chi connectivity index (χ3n) is 4.72. The molecule has 0 N–H and O–H groups in total. The molecule has 1 atom stereocenters. The van der Waals surface area contributed by atoms with Gasteiger partial charge in [0.25, 0.3) is 0 Å². The molecule has 1 aliphatic rings. The van der Waals surface area contributed by atoms with Crippen LogP contribution in [0, 0.1) is 0 Å². The van der Waals surface area contributed by atoms with Gasteiger partial charge in [-0.2, -0.15) is 0 Å². The summed E-state index contributed by atoms with van der Waals surface area (Å²) < 4.78 is 6.57. The topological polar surface area (TPSA) is 12.5 Å². The van der Waals surface area contributed by atoms with Crippen molar-refractivity contribution < 1.29 is 4.74 Å². The Kier molecular flexibility index (Phi) is 3.90. The Morgan fingerprint density at radius 2 is 1.32 bits per heavy atom. The van der Waals surface area contributed by atoms with E-state index in [0.29, 0.717) is 0 Å². The lowest BCUT2D eigenvalue weighted by Gasteiger charge is -2.42. The predicted molar refractivity (Wildman–Crippen MR) is 102 cm³/mol. The molecule has 1 aliphatic heterocycles. The molecule has 25 heavy (non-hydrogen) atoms. The smallest absolute Gasteiger partial charge is 0.209 e. The Hall–Kier alpha value is -2.84. The maximum absolute atomic E-state index is 6.57. The van der Waals surface area contributed by atoms with Crippen molar-refractivity contribution >= 4 is 5.57 Å². The molecule has 0 radical (unpaired) electrons. The summed E-state index contributed by atoms with van der Waals surface area (Å²) in [4.78, 5) is 2.13. The van der Waals surface area contributed by atoms with E-state index in [1.165, 1.54) is 11.1 Å². The predicted octanol–water partition coefficient (Wildman–Crippen LogP) is 4.93. The van der Waals surface area contributed by atoms with E-state index in [1.54, 1.807) is 0 Å². The minimum Gasteiger partial charge on any atom is -0.464 e. The molecule has 3 aromatic rings. The summed E-state index contributed by atoms with van der Waals surface area (Å²) in [5.74, 6) is 0.904. The number of hydrogen-bond acceptors (Lipinski definition) is 2. The fourth-order valence-electron chi connectivity index (χ4n) is 3.40. The number of para-hydroxylation sites is 1. The second-order valence-corrected chi connectivity index (χ2v) is 6.48. The van der Waals surface area contributed by atoms with E-state index >= 15 is 0 Å². The van der Waals surface area contributed by atoms with E-state index < -0.39 is 5.72 Å². The van der Waals surface area contributed by atoms with Crippen molar-refractivity contribution in [1.29, 1.82) is 0 Å². The van der Waals surface area contributed by atoms with Gasteiger partial charge in [-0.3, -0.25) is 4.90 Å². The summed E-state index contributed by atoms with van der Waals surface area (Å²) in [6, 6.07) is 29.1. The second kappa shape index (κ2) is 6.23. The highest BCUT2D eigenvalue weighted by molar-refractivity contribution is 5.84. The van der Waals surface area contributed by atoms with E-state index in [-0.39, 0.29) is 0 Å². The largest absolute Gasteiger partial charge is 0.464 e. The summed E-state index contributed by atoms with van der Waals surface area (Å²) in [5.41, 5.74) is 3.99. The third-order valence-corrected chi connectivity index (χ3v) is 4.72. The summed E-state index contributed by atoms with van der Waals surface area (Å²) in [6.07, 6.45) is 2.24. The molecule has 0 spiro atoms. The minimum absolute atomic E-state index is 0.638. The molecule has 0 fully saturated rings. The van der Waals surface area contributed by atoms with Crippen LogP contribution in [0.25, 0.3) is 5.57 Å². The molecule has 2 heteroatoms. The van der Waals surface area contributed by atoms with Crippen LogP contribution in [0.5, 0.6) is 5.75 Å². The zero-order valence-corrected chi connectivity index (χ0v) is 14.5. The van der Waals surface area contributed by atoms with Crippen molar-refractivity contribution in [1.82, 2.24) is 4.90 Å². The van der Waals surface area contributed by atoms with Gasteiger partial charge < -0.3 is 4.74 Å². The van der Waals surface area contributed by atoms with Crippen LogP contribution in [0.1, 0.15) is 16.7 Å². The zero-order chi connectivity index (χ0) is 17.3. The molecular weight excluding hydrogens is 306 g/mol. The molecule has 0 saturated carbocycles. The first-order valence-corrected chi connectivity index (χ1v) is 8.50. The number of fused-ring (bicyclic) bond motifs is 1. The Morgan fingerprint density at radius 1 is 0.720 bits per heavy atom. The highest BCUT2D eigenvalue weighted by Gasteiger charge is 2.39. The lowest BCUT2D eigenvalue weighted by atomic mass is 9.88. The maximum Gasteiger partial charge on any atom is 0.209 e. The van der Waals surface area contributed by atoms with Crippen LogP contribution in [0.4, 0.5) is 0 Å². The number of rotatable bonds is 3. The SMILES string of the molecule is CN(C)C1(c2ccccc2)C=C(c2ccccc2)c2ccccc2O1. The van der Waals surface area contributed by atoms with Crippen molar-refractivity contribution in [2.45, 2.75) is 5.72 Å². The molecule has 0 saturated heterocycles. The van der Waals surface area contributed by atoms with Crippen LogP contribution in [-0.4, -0.2) is 19.0 Å². The normalized spacial score (nSPS) is 19.1. The van der Waals surface area contributed by atoms with Crippen LogP contribution < -0.4 is 4.74 Å². The van der Waals surface area contributed by atoms with E-state index in [9.17, 15) is 0 Å². The summed E-state index contributed by atoms with van der Waals surface area (Å²) >= 11 is 0. The van der Waals surface area contributed by atoms with Crippen LogP contribution in [0.2, 0.25) is 0 Å². The van der Waals surface area contributed by atoms with Crippen LogP contribution in [0.15, 0.2) is 91.0 Å². The highest BCUT2D eigenvalue weighted by Crippen LogP contribution is 2.44. The quantitative estimate of drug-likeness (QED) is 0.676. The summed E-state index contributed by atoms with van der Waals surface area (Å²) in [6.45, 7) is 0. The monoisotopic (exact) mass is 327 g/mol. The lowest BCUT2D eigenvalue weighted by Crippen LogP contribution is -2.46. The van der Waals surface area contributed by atoms with E-state index in [1.807, 2.05) is 24.3 Å². The molecule has 0 bridgehead atoms. The molecule has 4 rings (SSSR count). The van der Waals surface area contributed by atoms with Crippen molar-refractivity contribution in [3.8, 4) is 5.75 Å². The van der Waals surface area contributed by atoms with Crippen molar-refractivity contribution in [3.05, 3.63) is 108 Å². The van der Waals surface area contributed by atoms with Gasteiger partial charge in [0.05, 0.1) is 0 Å². The maximum atomic E-state index is 6.57. The van der Waals surface area contributed by atoms with Gasteiger partial charge in [-0.1, -0.05) is 78.9 Å². The third kappa shape index (κ3) is 2.65. The van der Waals surface area contributed by atoms with E-state index in [4.69, 9.17) is 4.74 Å². The first-order valence-electron chi connectivity index (χ1n) is 8.50. The lowest BCUT2D eigenvalue weighted by molar-refractivity contribution is -0.0203. The van der Waals surface area contributed by atoms with Gasteiger partial charge in [-0.25, -0.2) is 0 Å². The Labute approximate surface area is 149 Å². The molecule has 3 aromatic carbocycles. The number of nitrogens with zero attached hydrogens (tertiary/aromatic N) is 1. The van der Waals surface area contributed by atoms with Crippen LogP contribution >= 0.6 is 0 Å². The van der Waals surface area contributed by atoms with Gasteiger partial charge in [-0.05, 0) is 37.4 Å². The standard InChI is InChI=1S/C23H21NO/c1-24(2)23(19-13-7-4-8-14-19)17-21(18-11-5-3-6-12-18)20-15-9-10-16-22(20)25-23/h3-17H,1-2H3. The van der Waals surface area contributed by atoms with E-state index in [0.717, 1.165) is 16.9 Å².